The molecule has 26 heavy (non-hydrogen) atoms. The van der Waals surface area contributed by atoms with Gasteiger partial charge in [0.25, 0.3) is 0 Å². The first-order valence-electron chi connectivity index (χ1n) is 9.34. The van der Waals surface area contributed by atoms with Crippen molar-refractivity contribution in [1.29, 1.82) is 0 Å². The fraction of sp³-hybridized carbons (Fsp3) is 0.500. The minimum absolute atomic E-state index is 0.322. The summed E-state index contributed by atoms with van der Waals surface area (Å²) >= 11 is 0. The summed E-state index contributed by atoms with van der Waals surface area (Å²) in [7, 11) is 0. The average molecular weight is 356 g/mol. The van der Waals surface area contributed by atoms with Crippen molar-refractivity contribution in [2.75, 3.05) is 6.61 Å². The molecule has 1 aromatic heterocycles. The number of aromatic nitrogens is 1. The van der Waals surface area contributed by atoms with Gasteiger partial charge in [0.05, 0.1) is 11.4 Å². The van der Waals surface area contributed by atoms with Gasteiger partial charge in [-0.05, 0) is 49.3 Å². The number of benzene rings is 1. The van der Waals surface area contributed by atoms with Crippen LogP contribution in [0, 0.1) is 5.92 Å². The van der Waals surface area contributed by atoms with Crippen LogP contribution in [0.3, 0.4) is 0 Å². The Bertz CT molecular complexity index is 864. The molecular weight excluding hydrogens is 332 g/mol. The Balaban J connectivity index is 1.85. The highest BCUT2D eigenvalue weighted by molar-refractivity contribution is 5.97. The van der Waals surface area contributed by atoms with Gasteiger partial charge in [-0.2, -0.15) is 0 Å². The standard InChI is InChI=1S/C20H24N2O4/c21-20(25)13-8-9-15-18(13)19-14(22(15)10-12-4-1-2-5-12)6-3-7-16(19)26-11-17(23)24/h3,6-7,12-13H,1-2,4-5,8-11H2,(H2,21,25)(H,23,24). The van der Waals surface area contributed by atoms with Gasteiger partial charge in [0.15, 0.2) is 6.61 Å². The summed E-state index contributed by atoms with van der Waals surface area (Å²) in [6, 6.07) is 5.70. The number of ether oxygens (including phenoxy) is 1. The zero-order valence-corrected chi connectivity index (χ0v) is 14.7. The van der Waals surface area contributed by atoms with Gasteiger partial charge in [0, 0.05) is 17.6 Å². The molecule has 1 aromatic carbocycles. The monoisotopic (exact) mass is 356 g/mol. The van der Waals surface area contributed by atoms with Gasteiger partial charge in [0.1, 0.15) is 5.75 Å². The predicted molar refractivity (Wildman–Crippen MR) is 97.3 cm³/mol. The number of amides is 1. The SMILES string of the molecule is NC(=O)C1CCc2c1c1c(OCC(=O)O)cccc1n2CC1CCCC1. The Labute approximate surface area is 151 Å². The van der Waals surface area contributed by atoms with Crippen LogP contribution in [0.2, 0.25) is 0 Å². The van der Waals surface area contributed by atoms with Gasteiger partial charge in [-0.1, -0.05) is 18.9 Å². The molecule has 0 spiro atoms. The van der Waals surface area contributed by atoms with E-state index in [-0.39, 0.29) is 11.8 Å². The second-order valence-corrected chi connectivity index (χ2v) is 7.45. The molecule has 138 valence electrons. The lowest BCUT2D eigenvalue weighted by Crippen LogP contribution is -2.19. The van der Waals surface area contributed by atoms with E-state index in [1.807, 2.05) is 12.1 Å². The molecule has 0 aliphatic heterocycles. The quantitative estimate of drug-likeness (QED) is 0.832. The van der Waals surface area contributed by atoms with Crippen molar-refractivity contribution in [3.63, 3.8) is 0 Å². The first kappa shape index (κ1) is 16.9. The van der Waals surface area contributed by atoms with Gasteiger partial charge < -0.3 is 20.1 Å². The van der Waals surface area contributed by atoms with E-state index in [2.05, 4.69) is 4.57 Å². The molecule has 1 unspecified atom stereocenters. The Hall–Kier alpha value is -2.50. The number of fused-ring (bicyclic) bond motifs is 3. The van der Waals surface area contributed by atoms with Crippen molar-refractivity contribution in [2.24, 2.45) is 11.7 Å². The lowest BCUT2D eigenvalue weighted by Gasteiger charge is -2.15. The van der Waals surface area contributed by atoms with E-state index in [1.165, 1.54) is 31.4 Å². The summed E-state index contributed by atoms with van der Waals surface area (Å²) < 4.78 is 7.88. The van der Waals surface area contributed by atoms with Crippen LogP contribution in [-0.4, -0.2) is 28.2 Å². The van der Waals surface area contributed by atoms with Crippen LogP contribution in [0.15, 0.2) is 18.2 Å². The van der Waals surface area contributed by atoms with Gasteiger partial charge in [-0.25, -0.2) is 4.79 Å². The summed E-state index contributed by atoms with van der Waals surface area (Å²) in [5, 5.41) is 9.84. The summed E-state index contributed by atoms with van der Waals surface area (Å²) in [5.74, 6) is -0.482. The van der Waals surface area contributed by atoms with Crippen molar-refractivity contribution in [3.8, 4) is 5.75 Å². The molecule has 0 radical (unpaired) electrons. The topological polar surface area (TPSA) is 94.6 Å². The van der Waals surface area contributed by atoms with Crippen molar-refractivity contribution in [3.05, 3.63) is 29.5 Å². The third kappa shape index (κ3) is 2.83. The predicted octanol–water partition coefficient (Wildman–Crippen LogP) is 2.81. The Kier molecular flexibility index (Phi) is 4.34. The molecular formula is C20H24N2O4. The number of aliphatic carboxylic acids is 1. The second-order valence-electron chi connectivity index (χ2n) is 7.45. The third-order valence-electron chi connectivity index (χ3n) is 5.83. The molecule has 4 rings (SSSR count). The van der Waals surface area contributed by atoms with Gasteiger partial charge in [-0.15, -0.1) is 0 Å². The molecule has 0 bridgehead atoms. The number of carboxylic acid groups (broad SMARTS) is 1. The maximum absolute atomic E-state index is 12.0. The highest BCUT2D eigenvalue weighted by Gasteiger charge is 2.35. The second kappa shape index (κ2) is 6.67. The molecule has 6 nitrogen and oxygen atoms in total. The highest BCUT2D eigenvalue weighted by atomic mass is 16.5. The number of carbonyl (C=O) groups excluding carboxylic acids is 1. The van der Waals surface area contributed by atoms with Crippen LogP contribution in [-0.2, 0) is 22.6 Å². The molecule has 1 saturated carbocycles. The number of hydrogen-bond donors (Lipinski definition) is 2. The van der Waals surface area contributed by atoms with Crippen LogP contribution in [0.5, 0.6) is 5.75 Å². The van der Waals surface area contributed by atoms with Crippen molar-refractivity contribution >= 4 is 22.8 Å². The molecule has 3 N–H and O–H groups in total. The number of nitrogens with zero attached hydrogens (tertiary/aromatic N) is 1. The normalized spacial score (nSPS) is 19.8. The Morgan fingerprint density at radius 1 is 1.23 bits per heavy atom. The minimum Gasteiger partial charge on any atom is -0.481 e. The molecule has 1 atom stereocenters. The number of nitrogens with two attached hydrogens (primary N) is 1. The van der Waals surface area contributed by atoms with Gasteiger partial charge >= 0.3 is 5.97 Å². The summed E-state index contributed by atoms with van der Waals surface area (Å²) in [6.45, 7) is 0.544. The van der Waals surface area contributed by atoms with Crippen LogP contribution >= 0.6 is 0 Å². The number of hydrogen-bond acceptors (Lipinski definition) is 3. The Morgan fingerprint density at radius 3 is 2.69 bits per heavy atom. The maximum atomic E-state index is 12.0. The van der Waals surface area contributed by atoms with Crippen LogP contribution in [0.4, 0.5) is 0 Å². The lowest BCUT2D eigenvalue weighted by molar-refractivity contribution is -0.139. The fourth-order valence-electron chi connectivity index (χ4n) is 4.72. The highest BCUT2D eigenvalue weighted by Crippen LogP contribution is 2.45. The van der Waals surface area contributed by atoms with Crippen LogP contribution in [0.1, 0.15) is 49.3 Å². The van der Waals surface area contributed by atoms with E-state index < -0.39 is 12.6 Å². The summed E-state index contributed by atoms with van der Waals surface area (Å²) in [4.78, 5) is 23.0. The van der Waals surface area contributed by atoms with E-state index >= 15 is 0 Å². The third-order valence-corrected chi connectivity index (χ3v) is 5.83. The van der Waals surface area contributed by atoms with E-state index in [1.54, 1.807) is 6.07 Å². The fourth-order valence-corrected chi connectivity index (χ4v) is 4.72. The molecule has 0 saturated heterocycles. The smallest absolute Gasteiger partial charge is 0.341 e. The van der Waals surface area contributed by atoms with Crippen LogP contribution in [0.25, 0.3) is 10.9 Å². The van der Waals surface area contributed by atoms with E-state index in [4.69, 9.17) is 15.6 Å². The molecule has 6 heteroatoms. The van der Waals surface area contributed by atoms with Crippen molar-refractivity contribution < 1.29 is 19.4 Å². The number of carboxylic acids is 1. The summed E-state index contributed by atoms with van der Waals surface area (Å²) in [5.41, 5.74) is 8.81. The van der Waals surface area contributed by atoms with E-state index in [0.29, 0.717) is 18.1 Å². The summed E-state index contributed by atoms with van der Waals surface area (Å²) in [6.07, 6.45) is 6.58. The van der Waals surface area contributed by atoms with Crippen LogP contribution < -0.4 is 10.5 Å². The van der Waals surface area contributed by atoms with E-state index in [0.717, 1.165) is 29.4 Å². The molecule has 1 fully saturated rings. The number of carbonyl (C=O) groups is 2. The minimum atomic E-state index is -1.02. The number of primary amides is 1. The van der Waals surface area contributed by atoms with Crippen molar-refractivity contribution in [1.82, 2.24) is 4.57 Å². The van der Waals surface area contributed by atoms with E-state index in [9.17, 15) is 9.59 Å². The van der Waals surface area contributed by atoms with Crippen molar-refractivity contribution in [2.45, 2.75) is 51.0 Å². The van der Waals surface area contributed by atoms with Gasteiger partial charge in [-0.3, -0.25) is 4.79 Å². The molecule has 2 aliphatic rings. The first-order chi connectivity index (χ1) is 12.6. The average Bonchev–Trinajstić information content (AvgIpc) is 3.31. The lowest BCUT2D eigenvalue weighted by atomic mass is 9.99. The molecule has 1 amide bonds. The largest absolute Gasteiger partial charge is 0.481 e. The van der Waals surface area contributed by atoms with Gasteiger partial charge in [0.2, 0.25) is 5.91 Å². The number of rotatable bonds is 6. The molecule has 2 aromatic rings. The zero-order chi connectivity index (χ0) is 18.3. The Morgan fingerprint density at radius 2 is 2.00 bits per heavy atom. The maximum Gasteiger partial charge on any atom is 0.341 e. The molecule has 1 heterocycles. The first-order valence-corrected chi connectivity index (χ1v) is 9.34. The molecule has 2 aliphatic carbocycles. The zero-order valence-electron chi connectivity index (χ0n) is 14.7.